The maximum absolute atomic E-state index is 4.70. The molecule has 0 saturated heterocycles. The number of nitrogens with zero attached hydrogens (tertiary/aromatic N) is 4. The number of aromatic nitrogens is 4. The molecule has 0 unspecified atom stereocenters. The predicted octanol–water partition coefficient (Wildman–Crippen LogP) is 2.54. The summed E-state index contributed by atoms with van der Waals surface area (Å²) in [5.41, 5.74) is 2.22. The summed E-state index contributed by atoms with van der Waals surface area (Å²) in [5.74, 6) is 1.04. The van der Waals surface area contributed by atoms with Crippen molar-refractivity contribution in [1.29, 1.82) is 0 Å². The molecule has 6 heteroatoms. The fourth-order valence-corrected chi connectivity index (χ4v) is 2.86. The number of imidazole rings is 1. The van der Waals surface area contributed by atoms with E-state index in [4.69, 9.17) is 4.98 Å². The van der Waals surface area contributed by atoms with Crippen molar-refractivity contribution >= 4 is 27.5 Å². The molecule has 98 valence electrons. The average Bonchev–Trinajstić information content (AvgIpc) is 3.02. The molecule has 0 fully saturated rings. The molecule has 0 spiro atoms. The first-order chi connectivity index (χ1) is 9.31. The van der Waals surface area contributed by atoms with E-state index in [-0.39, 0.29) is 0 Å². The molecule has 0 atom stereocenters. The third-order valence-corrected chi connectivity index (χ3v) is 3.98. The molecule has 0 aliphatic rings. The molecular weight excluding hydrogens is 258 g/mol. The number of anilines is 1. The first kappa shape index (κ1) is 12.1. The van der Waals surface area contributed by atoms with Crippen LogP contribution in [0.2, 0.25) is 0 Å². The Balaban J connectivity index is 1.99. The number of hydrogen-bond donors (Lipinski definition) is 1. The fourth-order valence-electron chi connectivity index (χ4n) is 2.17. The van der Waals surface area contributed by atoms with Crippen molar-refractivity contribution in [2.45, 2.75) is 19.9 Å². The van der Waals surface area contributed by atoms with Gasteiger partial charge in [0.05, 0.1) is 17.5 Å². The van der Waals surface area contributed by atoms with Crippen LogP contribution < -0.4 is 5.32 Å². The molecule has 0 aliphatic carbocycles. The number of fused-ring (bicyclic) bond motifs is 1. The van der Waals surface area contributed by atoms with Gasteiger partial charge < -0.3 is 9.88 Å². The van der Waals surface area contributed by atoms with Crippen molar-refractivity contribution < 1.29 is 0 Å². The van der Waals surface area contributed by atoms with Crippen molar-refractivity contribution in [3.05, 3.63) is 35.1 Å². The van der Waals surface area contributed by atoms with Crippen molar-refractivity contribution in [1.82, 2.24) is 19.7 Å². The summed E-state index contributed by atoms with van der Waals surface area (Å²) < 4.78 is 2.23. The van der Waals surface area contributed by atoms with Crippen LogP contribution in [0.1, 0.15) is 17.8 Å². The minimum Gasteiger partial charge on any atom is -0.363 e. The maximum atomic E-state index is 4.70. The third kappa shape index (κ3) is 2.19. The zero-order chi connectivity index (χ0) is 13.2. The third-order valence-electron chi connectivity index (χ3n) is 3.04. The van der Waals surface area contributed by atoms with Gasteiger partial charge >= 0.3 is 0 Å². The van der Waals surface area contributed by atoms with Crippen LogP contribution in [0.25, 0.3) is 11.0 Å². The van der Waals surface area contributed by atoms with E-state index in [2.05, 4.69) is 33.1 Å². The predicted molar refractivity (Wildman–Crippen MR) is 77.7 cm³/mol. The highest BCUT2D eigenvalue weighted by atomic mass is 32.1. The lowest BCUT2D eigenvalue weighted by Crippen LogP contribution is -2.02. The highest BCUT2D eigenvalue weighted by molar-refractivity contribution is 7.15. The lowest BCUT2D eigenvalue weighted by molar-refractivity contribution is 0.730. The molecule has 0 aliphatic heterocycles. The van der Waals surface area contributed by atoms with Crippen LogP contribution in [0.5, 0.6) is 0 Å². The van der Waals surface area contributed by atoms with Crippen LogP contribution in [0.4, 0.5) is 5.13 Å². The molecule has 2 heterocycles. The van der Waals surface area contributed by atoms with Crippen molar-refractivity contribution in [2.75, 3.05) is 12.4 Å². The SMILES string of the molecule is CCn1c(Cc2nnc(NC)s2)nc2ccccc21. The molecular formula is C13H15N5S. The summed E-state index contributed by atoms with van der Waals surface area (Å²) in [6, 6.07) is 8.21. The second kappa shape index (κ2) is 4.97. The van der Waals surface area contributed by atoms with Gasteiger partial charge in [-0.25, -0.2) is 4.98 Å². The standard InChI is InChI=1S/C13H15N5S/c1-3-18-10-7-5-4-6-9(10)15-11(18)8-12-16-17-13(14-2)19-12/h4-7H,3,8H2,1-2H3,(H,14,17). The van der Waals surface area contributed by atoms with E-state index in [1.807, 2.05) is 25.2 Å². The summed E-state index contributed by atoms with van der Waals surface area (Å²) in [7, 11) is 1.85. The molecule has 5 nitrogen and oxygen atoms in total. The molecule has 3 rings (SSSR count). The Labute approximate surface area is 115 Å². The maximum Gasteiger partial charge on any atom is 0.205 e. The van der Waals surface area contributed by atoms with Crippen LogP contribution >= 0.6 is 11.3 Å². The van der Waals surface area contributed by atoms with Crippen LogP contribution in [-0.4, -0.2) is 26.8 Å². The highest BCUT2D eigenvalue weighted by Gasteiger charge is 2.12. The van der Waals surface area contributed by atoms with Gasteiger partial charge in [-0.1, -0.05) is 23.5 Å². The molecule has 1 aromatic carbocycles. The number of hydrogen-bond acceptors (Lipinski definition) is 5. The molecule has 19 heavy (non-hydrogen) atoms. The number of benzene rings is 1. The Morgan fingerprint density at radius 1 is 1.26 bits per heavy atom. The highest BCUT2D eigenvalue weighted by Crippen LogP contribution is 2.21. The monoisotopic (exact) mass is 273 g/mol. The van der Waals surface area contributed by atoms with Gasteiger partial charge in [-0.2, -0.15) is 0 Å². The van der Waals surface area contributed by atoms with Gasteiger partial charge in [0.25, 0.3) is 0 Å². The van der Waals surface area contributed by atoms with Gasteiger partial charge in [-0.05, 0) is 19.1 Å². The van der Waals surface area contributed by atoms with E-state index in [1.165, 1.54) is 5.52 Å². The lowest BCUT2D eigenvalue weighted by atomic mass is 10.3. The number of nitrogens with one attached hydrogen (secondary N) is 1. The molecule has 0 saturated carbocycles. The Morgan fingerprint density at radius 2 is 2.11 bits per heavy atom. The van der Waals surface area contributed by atoms with Gasteiger partial charge in [-0.3, -0.25) is 0 Å². The zero-order valence-corrected chi connectivity index (χ0v) is 11.7. The van der Waals surface area contributed by atoms with Gasteiger partial charge in [0.15, 0.2) is 0 Å². The number of para-hydroxylation sites is 2. The van der Waals surface area contributed by atoms with Crippen LogP contribution in [-0.2, 0) is 13.0 Å². The second-order valence-corrected chi connectivity index (χ2v) is 5.25. The zero-order valence-electron chi connectivity index (χ0n) is 10.9. The quantitative estimate of drug-likeness (QED) is 0.793. The number of rotatable bonds is 4. The summed E-state index contributed by atoms with van der Waals surface area (Å²) in [5, 5.41) is 13.1. The molecule has 0 radical (unpaired) electrons. The number of aryl methyl sites for hydroxylation is 1. The Hall–Kier alpha value is -1.95. The van der Waals surface area contributed by atoms with Crippen LogP contribution in [0.15, 0.2) is 24.3 Å². The Kier molecular flexibility index (Phi) is 3.16. The van der Waals surface area contributed by atoms with E-state index in [0.717, 1.165) is 34.4 Å². The van der Waals surface area contributed by atoms with E-state index >= 15 is 0 Å². The topological polar surface area (TPSA) is 55.6 Å². The lowest BCUT2D eigenvalue weighted by Gasteiger charge is -2.03. The Bertz CT molecular complexity index is 700. The summed E-state index contributed by atoms with van der Waals surface area (Å²) in [6.07, 6.45) is 0.724. The van der Waals surface area contributed by atoms with Gasteiger partial charge in [-0.15, -0.1) is 10.2 Å². The van der Waals surface area contributed by atoms with Gasteiger partial charge in [0.1, 0.15) is 10.8 Å². The van der Waals surface area contributed by atoms with E-state index in [0.29, 0.717) is 0 Å². The summed E-state index contributed by atoms with van der Waals surface area (Å²) in [4.78, 5) is 4.70. The van der Waals surface area contributed by atoms with Crippen molar-refractivity contribution in [3.63, 3.8) is 0 Å². The van der Waals surface area contributed by atoms with Gasteiger partial charge in [0, 0.05) is 13.6 Å². The van der Waals surface area contributed by atoms with E-state index < -0.39 is 0 Å². The van der Waals surface area contributed by atoms with Crippen molar-refractivity contribution in [3.8, 4) is 0 Å². The molecule has 1 N–H and O–H groups in total. The van der Waals surface area contributed by atoms with Crippen LogP contribution in [0.3, 0.4) is 0 Å². The largest absolute Gasteiger partial charge is 0.363 e. The summed E-state index contributed by atoms with van der Waals surface area (Å²) in [6.45, 7) is 3.05. The van der Waals surface area contributed by atoms with Crippen LogP contribution in [0, 0.1) is 0 Å². The average molecular weight is 273 g/mol. The minimum atomic E-state index is 0.724. The smallest absolute Gasteiger partial charge is 0.205 e. The molecule has 2 aromatic heterocycles. The van der Waals surface area contributed by atoms with E-state index in [9.17, 15) is 0 Å². The fraction of sp³-hybridized carbons (Fsp3) is 0.308. The summed E-state index contributed by atoms with van der Waals surface area (Å²) >= 11 is 1.57. The minimum absolute atomic E-state index is 0.724. The van der Waals surface area contributed by atoms with E-state index in [1.54, 1.807) is 11.3 Å². The second-order valence-electron chi connectivity index (χ2n) is 4.19. The normalized spacial score (nSPS) is 11.1. The first-order valence-corrected chi connectivity index (χ1v) is 7.07. The molecule has 3 aromatic rings. The Morgan fingerprint density at radius 3 is 2.84 bits per heavy atom. The van der Waals surface area contributed by atoms with Gasteiger partial charge in [0.2, 0.25) is 5.13 Å². The molecule has 0 bridgehead atoms. The first-order valence-electron chi connectivity index (χ1n) is 6.26. The van der Waals surface area contributed by atoms with Crippen molar-refractivity contribution in [2.24, 2.45) is 0 Å². The molecule has 0 amide bonds.